The number of carbonyl (C=O) groups is 1. The number of anilines is 1. The van der Waals surface area contributed by atoms with Gasteiger partial charge in [-0.3, -0.25) is 0 Å². The second-order valence-electron chi connectivity index (χ2n) is 5.03. The highest BCUT2D eigenvalue weighted by atomic mass is 16.6. The number of rotatable bonds is 1. The van der Waals surface area contributed by atoms with Crippen LogP contribution in [-0.4, -0.2) is 11.6 Å². The maximum Gasteiger partial charge on any atom is 0.338 e. The molecule has 0 fully saturated rings. The molecule has 2 N–H and O–H groups in total. The standard InChI is InChI=1S/C13H19NO2/c1-8-6-10(7-9(2)11(8)14)12(15)16-13(3,4)5/h6-7H,14H2,1-5H3. The fourth-order valence-electron chi connectivity index (χ4n) is 1.43. The van der Waals surface area contributed by atoms with Gasteiger partial charge in [0.15, 0.2) is 0 Å². The second-order valence-corrected chi connectivity index (χ2v) is 5.03. The van der Waals surface area contributed by atoms with Crippen molar-refractivity contribution in [2.24, 2.45) is 0 Å². The van der Waals surface area contributed by atoms with E-state index in [0.717, 1.165) is 16.8 Å². The number of nitrogen functional groups attached to an aromatic ring is 1. The largest absolute Gasteiger partial charge is 0.456 e. The van der Waals surface area contributed by atoms with Gasteiger partial charge in [-0.05, 0) is 57.9 Å². The molecule has 0 atom stereocenters. The van der Waals surface area contributed by atoms with Crippen molar-refractivity contribution in [3.8, 4) is 0 Å². The van der Waals surface area contributed by atoms with Crippen LogP contribution in [0.5, 0.6) is 0 Å². The number of hydrogen-bond donors (Lipinski definition) is 1. The molecule has 0 aliphatic rings. The van der Waals surface area contributed by atoms with Crippen molar-refractivity contribution < 1.29 is 9.53 Å². The van der Waals surface area contributed by atoms with Crippen molar-refractivity contribution in [2.75, 3.05) is 5.73 Å². The van der Waals surface area contributed by atoms with Crippen molar-refractivity contribution in [2.45, 2.75) is 40.2 Å². The van der Waals surface area contributed by atoms with Gasteiger partial charge >= 0.3 is 5.97 Å². The summed E-state index contributed by atoms with van der Waals surface area (Å²) in [6, 6.07) is 3.52. The molecule has 3 heteroatoms. The average molecular weight is 221 g/mol. The van der Waals surface area contributed by atoms with Gasteiger partial charge in [0.1, 0.15) is 5.60 Å². The molecular formula is C13H19NO2. The lowest BCUT2D eigenvalue weighted by atomic mass is 10.0. The summed E-state index contributed by atoms with van der Waals surface area (Å²) in [6.45, 7) is 9.32. The SMILES string of the molecule is Cc1cc(C(=O)OC(C)(C)C)cc(C)c1N. The minimum atomic E-state index is -0.472. The van der Waals surface area contributed by atoms with Crippen LogP contribution in [-0.2, 0) is 4.74 Å². The van der Waals surface area contributed by atoms with Crippen LogP contribution >= 0.6 is 0 Å². The van der Waals surface area contributed by atoms with Gasteiger partial charge in [0.2, 0.25) is 0 Å². The molecule has 0 aromatic heterocycles. The zero-order valence-corrected chi connectivity index (χ0v) is 10.5. The predicted molar refractivity (Wildman–Crippen MR) is 65.5 cm³/mol. The summed E-state index contributed by atoms with van der Waals surface area (Å²) in [4.78, 5) is 11.8. The first-order valence-electron chi connectivity index (χ1n) is 5.31. The number of esters is 1. The quantitative estimate of drug-likeness (QED) is 0.586. The van der Waals surface area contributed by atoms with Crippen LogP contribution in [0.1, 0.15) is 42.3 Å². The lowest BCUT2D eigenvalue weighted by Crippen LogP contribution is -2.24. The second kappa shape index (κ2) is 4.16. The highest BCUT2D eigenvalue weighted by Crippen LogP contribution is 2.20. The molecule has 0 heterocycles. The Kier molecular flexibility index (Phi) is 3.27. The number of ether oxygens (including phenoxy) is 1. The predicted octanol–water partition coefficient (Wildman–Crippen LogP) is 2.84. The van der Waals surface area contributed by atoms with Crippen molar-refractivity contribution in [3.63, 3.8) is 0 Å². The average Bonchev–Trinajstić information content (AvgIpc) is 2.10. The van der Waals surface area contributed by atoms with Crippen molar-refractivity contribution in [1.29, 1.82) is 0 Å². The van der Waals surface area contributed by atoms with Crippen LogP contribution in [0.15, 0.2) is 12.1 Å². The summed E-state index contributed by atoms with van der Waals surface area (Å²) in [5.74, 6) is -0.307. The highest BCUT2D eigenvalue weighted by molar-refractivity contribution is 5.91. The van der Waals surface area contributed by atoms with E-state index >= 15 is 0 Å². The van der Waals surface area contributed by atoms with E-state index in [0.29, 0.717) is 5.56 Å². The smallest absolute Gasteiger partial charge is 0.338 e. The van der Waals surface area contributed by atoms with Crippen LogP contribution in [0.3, 0.4) is 0 Å². The first-order chi connectivity index (χ1) is 7.20. The zero-order chi connectivity index (χ0) is 12.5. The lowest BCUT2D eigenvalue weighted by Gasteiger charge is -2.20. The molecule has 0 radical (unpaired) electrons. The molecular weight excluding hydrogens is 202 g/mol. The normalized spacial score (nSPS) is 11.3. The Morgan fingerprint density at radius 3 is 2.00 bits per heavy atom. The van der Waals surface area contributed by atoms with E-state index in [1.807, 2.05) is 34.6 Å². The summed E-state index contributed by atoms with van der Waals surface area (Å²) in [5, 5.41) is 0. The molecule has 1 aromatic rings. The van der Waals surface area contributed by atoms with Gasteiger partial charge in [0.25, 0.3) is 0 Å². The number of aryl methyl sites for hydroxylation is 2. The molecule has 0 spiro atoms. The van der Waals surface area contributed by atoms with Gasteiger partial charge in [0, 0.05) is 5.69 Å². The molecule has 0 bridgehead atoms. The van der Waals surface area contributed by atoms with Crippen molar-refractivity contribution in [1.82, 2.24) is 0 Å². The van der Waals surface area contributed by atoms with Gasteiger partial charge in [-0.25, -0.2) is 4.79 Å². The van der Waals surface area contributed by atoms with E-state index in [9.17, 15) is 4.79 Å². The summed E-state index contributed by atoms with van der Waals surface area (Å²) in [5.41, 5.74) is 8.44. The zero-order valence-electron chi connectivity index (χ0n) is 10.5. The van der Waals surface area contributed by atoms with Gasteiger partial charge in [0.05, 0.1) is 5.56 Å². The molecule has 1 rings (SSSR count). The van der Waals surface area contributed by atoms with Crippen molar-refractivity contribution >= 4 is 11.7 Å². The van der Waals surface area contributed by atoms with Crippen LogP contribution < -0.4 is 5.73 Å². The van der Waals surface area contributed by atoms with Gasteiger partial charge in [-0.2, -0.15) is 0 Å². The topological polar surface area (TPSA) is 52.3 Å². The molecule has 0 saturated carbocycles. The monoisotopic (exact) mass is 221 g/mol. The van der Waals surface area contributed by atoms with Gasteiger partial charge in [-0.15, -0.1) is 0 Å². The molecule has 0 saturated heterocycles. The number of benzene rings is 1. The number of carbonyl (C=O) groups excluding carboxylic acids is 1. The fraction of sp³-hybridized carbons (Fsp3) is 0.462. The van der Waals surface area contributed by atoms with Crippen LogP contribution in [0.2, 0.25) is 0 Å². The van der Waals surface area contributed by atoms with E-state index in [-0.39, 0.29) is 5.97 Å². The number of nitrogens with two attached hydrogens (primary N) is 1. The Hall–Kier alpha value is -1.51. The molecule has 1 aromatic carbocycles. The van der Waals surface area contributed by atoms with Crippen LogP contribution in [0, 0.1) is 13.8 Å². The molecule has 0 aliphatic heterocycles. The van der Waals surface area contributed by atoms with Gasteiger partial charge < -0.3 is 10.5 Å². The Labute approximate surface area is 96.6 Å². The summed E-state index contributed by atoms with van der Waals surface area (Å²) >= 11 is 0. The van der Waals surface area contributed by atoms with E-state index in [2.05, 4.69) is 0 Å². The summed E-state index contributed by atoms with van der Waals surface area (Å²) in [6.07, 6.45) is 0. The van der Waals surface area contributed by atoms with E-state index in [1.165, 1.54) is 0 Å². The van der Waals surface area contributed by atoms with E-state index < -0.39 is 5.60 Å². The lowest BCUT2D eigenvalue weighted by molar-refractivity contribution is 0.00694. The molecule has 88 valence electrons. The van der Waals surface area contributed by atoms with Crippen LogP contribution in [0.25, 0.3) is 0 Å². The minimum Gasteiger partial charge on any atom is -0.456 e. The number of hydrogen-bond acceptors (Lipinski definition) is 3. The summed E-state index contributed by atoms with van der Waals surface area (Å²) in [7, 11) is 0. The molecule has 0 unspecified atom stereocenters. The first kappa shape index (κ1) is 12.6. The molecule has 16 heavy (non-hydrogen) atoms. The van der Waals surface area contributed by atoms with Crippen molar-refractivity contribution in [3.05, 3.63) is 28.8 Å². The Morgan fingerprint density at radius 2 is 1.62 bits per heavy atom. The maximum absolute atomic E-state index is 11.8. The Bertz CT molecular complexity index is 393. The highest BCUT2D eigenvalue weighted by Gasteiger charge is 2.18. The van der Waals surface area contributed by atoms with E-state index in [1.54, 1.807) is 12.1 Å². The first-order valence-corrected chi connectivity index (χ1v) is 5.31. The summed E-state index contributed by atoms with van der Waals surface area (Å²) < 4.78 is 5.29. The maximum atomic E-state index is 11.8. The Balaban J connectivity index is 3.02. The Morgan fingerprint density at radius 1 is 1.19 bits per heavy atom. The third-order valence-corrected chi connectivity index (χ3v) is 2.23. The van der Waals surface area contributed by atoms with E-state index in [4.69, 9.17) is 10.5 Å². The molecule has 0 amide bonds. The molecule has 0 aliphatic carbocycles. The third-order valence-electron chi connectivity index (χ3n) is 2.23. The fourth-order valence-corrected chi connectivity index (χ4v) is 1.43. The van der Waals surface area contributed by atoms with Crippen LogP contribution in [0.4, 0.5) is 5.69 Å². The minimum absolute atomic E-state index is 0.307. The third kappa shape index (κ3) is 2.99. The molecule has 3 nitrogen and oxygen atoms in total. The van der Waals surface area contributed by atoms with Gasteiger partial charge in [-0.1, -0.05) is 0 Å².